The Morgan fingerprint density at radius 2 is 1.38 bits per heavy atom. The molecule has 0 aromatic heterocycles. The van der Waals surface area contributed by atoms with Crippen LogP contribution in [0.4, 0.5) is 0 Å². The number of hydrogen-bond donors (Lipinski definition) is 5. The van der Waals surface area contributed by atoms with E-state index < -0.39 is 41.9 Å². The number of aliphatic carboxylic acids is 2. The van der Waals surface area contributed by atoms with Crippen LogP contribution >= 0.6 is 0 Å². The maximum atomic E-state index is 12.6. The average Bonchev–Trinajstić information content (AvgIpc) is 2.74. The highest BCUT2D eigenvalue weighted by atomic mass is 16.4. The Morgan fingerprint density at radius 1 is 0.794 bits per heavy atom. The second-order valence-corrected chi connectivity index (χ2v) is 9.80. The molecule has 9 heteroatoms. The Hall–Kier alpha value is -2.16. The van der Waals surface area contributed by atoms with Crippen LogP contribution in [0.5, 0.6) is 0 Å². The van der Waals surface area contributed by atoms with Gasteiger partial charge in [0.15, 0.2) is 0 Å². The van der Waals surface area contributed by atoms with Crippen molar-refractivity contribution in [1.29, 1.82) is 0 Å². The number of unbranched alkanes of at least 4 members (excludes halogenated alkanes) is 4. The quantitative estimate of drug-likeness (QED) is 0.165. The fourth-order valence-corrected chi connectivity index (χ4v) is 3.68. The molecule has 0 bridgehead atoms. The molecule has 0 saturated carbocycles. The van der Waals surface area contributed by atoms with Crippen molar-refractivity contribution in [3.8, 4) is 0 Å². The Labute approximate surface area is 204 Å². The number of amides is 2. The number of hydrogen-bond acceptors (Lipinski definition) is 5. The van der Waals surface area contributed by atoms with Crippen LogP contribution in [0.1, 0.15) is 105 Å². The molecule has 198 valence electrons. The molecule has 34 heavy (non-hydrogen) atoms. The molecule has 0 saturated heterocycles. The smallest absolute Gasteiger partial charge is 0.326 e. The zero-order valence-electron chi connectivity index (χ0n) is 21.3. The lowest BCUT2D eigenvalue weighted by molar-refractivity contribution is -0.143. The maximum absolute atomic E-state index is 12.6. The average molecular weight is 487 g/mol. The minimum atomic E-state index is -1.19. The molecule has 0 spiro atoms. The highest BCUT2D eigenvalue weighted by Crippen LogP contribution is 2.15. The first-order valence-electron chi connectivity index (χ1n) is 12.7. The summed E-state index contributed by atoms with van der Waals surface area (Å²) >= 11 is 0. The minimum Gasteiger partial charge on any atom is -0.481 e. The van der Waals surface area contributed by atoms with E-state index in [-0.39, 0.29) is 31.6 Å². The molecule has 0 aliphatic rings. The van der Waals surface area contributed by atoms with Crippen molar-refractivity contribution in [1.82, 2.24) is 10.6 Å². The summed E-state index contributed by atoms with van der Waals surface area (Å²) in [5.41, 5.74) is 0. The van der Waals surface area contributed by atoms with E-state index in [0.717, 1.165) is 31.6 Å². The number of carboxylic acids is 2. The fraction of sp³-hybridized carbons (Fsp3) is 0.840. The van der Waals surface area contributed by atoms with E-state index >= 15 is 0 Å². The molecule has 5 N–H and O–H groups in total. The Balaban J connectivity index is 4.57. The van der Waals surface area contributed by atoms with Gasteiger partial charge < -0.3 is 26.0 Å². The van der Waals surface area contributed by atoms with Crippen LogP contribution in [-0.4, -0.2) is 57.3 Å². The van der Waals surface area contributed by atoms with Crippen LogP contribution in [0.25, 0.3) is 0 Å². The number of rotatable bonds is 20. The van der Waals surface area contributed by atoms with Gasteiger partial charge in [-0.3, -0.25) is 14.4 Å². The zero-order valence-corrected chi connectivity index (χ0v) is 21.3. The van der Waals surface area contributed by atoms with Gasteiger partial charge in [-0.15, -0.1) is 0 Å². The first kappa shape index (κ1) is 31.8. The van der Waals surface area contributed by atoms with E-state index in [9.17, 15) is 29.4 Å². The number of carboxylic acid groups (broad SMARTS) is 2. The summed E-state index contributed by atoms with van der Waals surface area (Å²) in [5.74, 6) is -2.86. The van der Waals surface area contributed by atoms with Gasteiger partial charge in [-0.2, -0.15) is 0 Å². The molecule has 0 heterocycles. The molecule has 2 amide bonds. The van der Waals surface area contributed by atoms with Crippen molar-refractivity contribution in [2.75, 3.05) is 0 Å². The molecule has 0 aromatic rings. The second-order valence-electron chi connectivity index (χ2n) is 9.80. The molecule has 0 fully saturated rings. The highest BCUT2D eigenvalue weighted by molar-refractivity contribution is 5.90. The van der Waals surface area contributed by atoms with Gasteiger partial charge in [-0.05, 0) is 31.1 Å². The van der Waals surface area contributed by atoms with E-state index in [4.69, 9.17) is 5.11 Å². The first-order valence-corrected chi connectivity index (χ1v) is 12.7. The third-order valence-corrected chi connectivity index (χ3v) is 5.97. The van der Waals surface area contributed by atoms with Gasteiger partial charge in [0.2, 0.25) is 11.8 Å². The minimum absolute atomic E-state index is 0.0171. The third kappa shape index (κ3) is 16.5. The molecule has 0 aliphatic carbocycles. The lowest BCUT2D eigenvalue weighted by atomic mass is 9.99. The van der Waals surface area contributed by atoms with Gasteiger partial charge >= 0.3 is 11.9 Å². The van der Waals surface area contributed by atoms with Gasteiger partial charge in [0.1, 0.15) is 12.1 Å². The molecule has 0 radical (unpaired) electrons. The van der Waals surface area contributed by atoms with Crippen LogP contribution in [-0.2, 0) is 19.2 Å². The molecule has 0 unspecified atom stereocenters. The fourth-order valence-electron chi connectivity index (χ4n) is 3.68. The monoisotopic (exact) mass is 486 g/mol. The number of aliphatic hydroxyl groups excluding tert-OH is 1. The van der Waals surface area contributed by atoms with E-state index in [1.807, 2.05) is 13.8 Å². The van der Waals surface area contributed by atoms with E-state index in [1.165, 1.54) is 19.3 Å². The molecule has 0 aromatic carbocycles. The normalized spacial score (nSPS) is 14.8. The number of carbonyl (C=O) groups is 4. The number of aliphatic hydroxyl groups is 1. The van der Waals surface area contributed by atoms with Gasteiger partial charge in [0.25, 0.3) is 0 Å². The van der Waals surface area contributed by atoms with Crippen LogP contribution in [0.3, 0.4) is 0 Å². The molecule has 0 rings (SSSR count). The topological polar surface area (TPSA) is 153 Å². The Bertz CT molecular complexity index is 624. The van der Waals surface area contributed by atoms with E-state index in [0.29, 0.717) is 6.42 Å². The molecule has 0 aliphatic heterocycles. The van der Waals surface area contributed by atoms with Crippen molar-refractivity contribution < 1.29 is 34.5 Å². The zero-order chi connectivity index (χ0) is 26.1. The summed E-state index contributed by atoms with van der Waals surface area (Å²) in [5, 5.41) is 33.3. The highest BCUT2D eigenvalue weighted by Gasteiger charge is 2.28. The Morgan fingerprint density at radius 3 is 1.91 bits per heavy atom. The lowest BCUT2D eigenvalue weighted by Crippen LogP contribution is -2.52. The van der Waals surface area contributed by atoms with Gasteiger partial charge in [0.05, 0.1) is 12.5 Å². The summed E-state index contributed by atoms with van der Waals surface area (Å²) in [6.07, 6.45) is 6.78. The maximum Gasteiger partial charge on any atom is 0.326 e. The molecule has 9 nitrogen and oxygen atoms in total. The first-order chi connectivity index (χ1) is 16.0. The second kappa shape index (κ2) is 18.2. The van der Waals surface area contributed by atoms with Crippen molar-refractivity contribution in [2.24, 2.45) is 11.8 Å². The lowest BCUT2D eigenvalue weighted by Gasteiger charge is -2.22. The van der Waals surface area contributed by atoms with Crippen LogP contribution < -0.4 is 10.6 Å². The third-order valence-electron chi connectivity index (χ3n) is 5.97. The van der Waals surface area contributed by atoms with Gasteiger partial charge in [0, 0.05) is 6.42 Å². The van der Waals surface area contributed by atoms with E-state index in [2.05, 4.69) is 24.5 Å². The molecular formula is C25H46N2O7. The van der Waals surface area contributed by atoms with Crippen molar-refractivity contribution >= 4 is 23.8 Å². The molecule has 4 atom stereocenters. The number of carbonyl (C=O) groups excluding carboxylic acids is 2. The largest absolute Gasteiger partial charge is 0.481 e. The van der Waals surface area contributed by atoms with Crippen LogP contribution in [0.15, 0.2) is 0 Å². The summed E-state index contributed by atoms with van der Waals surface area (Å²) in [7, 11) is 0. The summed E-state index contributed by atoms with van der Waals surface area (Å²) in [6, 6.07) is -2.32. The van der Waals surface area contributed by atoms with E-state index in [1.54, 1.807) is 0 Å². The summed E-state index contributed by atoms with van der Waals surface area (Å²) < 4.78 is 0. The van der Waals surface area contributed by atoms with Crippen molar-refractivity contribution in [3.05, 3.63) is 0 Å². The van der Waals surface area contributed by atoms with Gasteiger partial charge in [-0.1, -0.05) is 72.6 Å². The van der Waals surface area contributed by atoms with Gasteiger partial charge in [-0.25, -0.2) is 4.79 Å². The van der Waals surface area contributed by atoms with Crippen molar-refractivity contribution in [3.63, 3.8) is 0 Å². The predicted molar refractivity (Wildman–Crippen MR) is 130 cm³/mol. The Kier molecular flexibility index (Phi) is 17.0. The number of nitrogens with one attached hydrogen (secondary N) is 2. The van der Waals surface area contributed by atoms with Crippen molar-refractivity contribution in [2.45, 2.75) is 123 Å². The van der Waals surface area contributed by atoms with Crippen LogP contribution in [0, 0.1) is 11.8 Å². The molecular weight excluding hydrogens is 440 g/mol. The predicted octanol–water partition coefficient (Wildman–Crippen LogP) is 3.48. The standard InChI is InChI=1S/C25H46N2O7/c1-5-18(4)11-9-7-6-8-10-12-19(28)16-22(29)26-20(13-14-23(30)31)24(32)27-21(25(33)34)15-17(2)3/h17-21,28H,5-16H2,1-4H3,(H,26,29)(H,27,32)(H,30,31)(H,33,34)/t18-,19+,20-,21-/m0/s1. The summed E-state index contributed by atoms with van der Waals surface area (Å²) in [4.78, 5) is 47.3. The SMILES string of the molecule is CC[C@H](C)CCCCCCC[C@@H](O)CC(=O)N[C@@H](CCC(=O)O)C(=O)N[C@@H](CC(C)C)C(=O)O. The summed E-state index contributed by atoms with van der Waals surface area (Å²) in [6.45, 7) is 8.09. The van der Waals surface area contributed by atoms with Crippen LogP contribution in [0.2, 0.25) is 0 Å².